The van der Waals surface area contributed by atoms with Crippen molar-refractivity contribution < 1.29 is 9.53 Å². The third-order valence-corrected chi connectivity index (χ3v) is 3.94. The van der Waals surface area contributed by atoms with Crippen LogP contribution in [-0.2, 0) is 17.7 Å². The molecule has 1 aliphatic rings. The first kappa shape index (κ1) is 14.8. The number of aromatic nitrogens is 2. The van der Waals surface area contributed by atoms with Gasteiger partial charge >= 0.3 is 5.97 Å². The van der Waals surface area contributed by atoms with Crippen molar-refractivity contribution in [3.63, 3.8) is 0 Å². The molecule has 0 bridgehead atoms. The number of nitrogens with zero attached hydrogens (tertiary/aromatic N) is 3. The Labute approximate surface area is 119 Å². The Morgan fingerprint density at radius 1 is 1.55 bits per heavy atom. The Hall–Kier alpha value is -1.56. The molecule has 20 heavy (non-hydrogen) atoms. The van der Waals surface area contributed by atoms with Gasteiger partial charge in [-0.05, 0) is 32.4 Å². The number of carbonyl (C=O) groups is 1. The standard InChI is InChI=1S/C14H24N4O2/c1-4-11-16-12(14(19)20-3)13(15)18(11)9-10-6-5-7-17(2)8-10/h10H,4-9,15H2,1-3H3. The van der Waals surface area contributed by atoms with Crippen molar-refractivity contribution in [2.24, 2.45) is 5.92 Å². The van der Waals surface area contributed by atoms with E-state index in [-0.39, 0.29) is 5.69 Å². The molecule has 0 radical (unpaired) electrons. The van der Waals surface area contributed by atoms with Crippen molar-refractivity contribution in [2.75, 3.05) is 33.0 Å². The highest BCUT2D eigenvalue weighted by atomic mass is 16.5. The molecule has 1 aromatic heterocycles. The molecule has 6 heteroatoms. The van der Waals surface area contributed by atoms with Crippen molar-refractivity contribution in [2.45, 2.75) is 32.7 Å². The maximum absolute atomic E-state index is 11.7. The van der Waals surface area contributed by atoms with Crippen LogP contribution < -0.4 is 5.73 Å². The Balaban J connectivity index is 2.21. The SMILES string of the molecule is CCc1nc(C(=O)OC)c(N)n1CC1CCCN(C)C1. The molecule has 2 rings (SSSR count). The third-order valence-electron chi connectivity index (χ3n) is 3.94. The summed E-state index contributed by atoms with van der Waals surface area (Å²) in [6.45, 7) is 5.06. The normalized spacial score (nSPS) is 20.1. The molecule has 2 heterocycles. The molecule has 0 aliphatic carbocycles. The summed E-state index contributed by atoms with van der Waals surface area (Å²) in [5.74, 6) is 1.39. The summed E-state index contributed by atoms with van der Waals surface area (Å²) in [6.07, 6.45) is 3.16. The zero-order chi connectivity index (χ0) is 14.7. The maximum atomic E-state index is 11.7. The zero-order valence-electron chi connectivity index (χ0n) is 12.6. The van der Waals surface area contributed by atoms with Gasteiger partial charge in [0.1, 0.15) is 11.6 Å². The Bertz CT molecular complexity index is 484. The molecule has 112 valence electrons. The third kappa shape index (κ3) is 2.95. The monoisotopic (exact) mass is 280 g/mol. The van der Waals surface area contributed by atoms with Crippen molar-refractivity contribution in [3.8, 4) is 0 Å². The molecule has 1 fully saturated rings. The molecule has 0 amide bonds. The van der Waals surface area contributed by atoms with Gasteiger partial charge in [-0.3, -0.25) is 0 Å². The van der Waals surface area contributed by atoms with Gasteiger partial charge in [-0.1, -0.05) is 6.92 Å². The van der Waals surface area contributed by atoms with Crippen LogP contribution in [0.2, 0.25) is 0 Å². The number of imidazole rings is 1. The van der Waals surface area contributed by atoms with Gasteiger partial charge in [0.05, 0.1) is 7.11 Å². The van der Waals surface area contributed by atoms with Crippen LogP contribution in [0.5, 0.6) is 0 Å². The molecule has 1 aliphatic heterocycles. The second-order valence-electron chi connectivity index (χ2n) is 5.49. The van der Waals surface area contributed by atoms with Gasteiger partial charge in [-0.15, -0.1) is 0 Å². The lowest BCUT2D eigenvalue weighted by molar-refractivity contribution is 0.0595. The van der Waals surface area contributed by atoms with E-state index in [2.05, 4.69) is 16.9 Å². The molecule has 0 spiro atoms. The molecule has 6 nitrogen and oxygen atoms in total. The number of rotatable bonds is 4. The van der Waals surface area contributed by atoms with E-state index in [9.17, 15) is 4.79 Å². The van der Waals surface area contributed by atoms with E-state index in [0.717, 1.165) is 31.9 Å². The lowest BCUT2D eigenvalue weighted by atomic mass is 9.98. The van der Waals surface area contributed by atoms with Crippen molar-refractivity contribution in [1.29, 1.82) is 0 Å². The number of anilines is 1. The Kier molecular flexibility index (Phi) is 4.65. The number of nitrogen functional groups attached to an aromatic ring is 1. The van der Waals surface area contributed by atoms with Crippen LogP contribution in [0.25, 0.3) is 0 Å². The molecule has 1 unspecified atom stereocenters. The number of likely N-dealkylation sites (tertiary alicyclic amines) is 1. The largest absolute Gasteiger partial charge is 0.464 e. The van der Waals surface area contributed by atoms with Gasteiger partial charge in [0.25, 0.3) is 0 Å². The fourth-order valence-corrected chi connectivity index (χ4v) is 2.91. The van der Waals surface area contributed by atoms with Crippen LogP contribution in [0.4, 0.5) is 5.82 Å². The second kappa shape index (κ2) is 6.26. The Morgan fingerprint density at radius 2 is 2.30 bits per heavy atom. The number of ether oxygens (including phenoxy) is 1. The van der Waals surface area contributed by atoms with E-state index in [4.69, 9.17) is 10.5 Å². The number of carbonyl (C=O) groups excluding carboxylic acids is 1. The van der Waals surface area contributed by atoms with Gasteiger partial charge in [-0.25, -0.2) is 9.78 Å². The molecular formula is C14H24N4O2. The Morgan fingerprint density at radius 3 is 2.90 bits per heavy atom. The summed E-state index contributed by atoms with van der Waals surface area (Å²) in [4.78, 5) is 18.3. The van der Waals surface area contributed by atoms with Crippen LogP contribution in [0.15, 0.2) is 0 Å². The lowest BCUT2D eigenvalue weighted by Crippen LogP contribution is -2.34. The fraction of sp³-hybridized carbons (Fsp3) is 0.714. The first-order valence-electron chi connectivity index (χ1n) is 7.18. The fourth-order valence-electron chi connectivity index (χ4n) is 2.91. The van der Waals surface area contributed by atoms with Crippen molar-refractivity contribution >= 4 is 11.8 Å². The van der Waals surface area contributed by atoms with Crippen molar-refractivity contribution in [3.05, 3.63) is 11.5 Å². The highest BCUT2D eigenvalue weighted by Crippen LogP contribution is 2.22. The summed E-state index contributed by atoms with van der Waals surface area (Å²) in [7, 11) is 3.49. The van der Waals surface area contributed by atoms with Gasteiger partial charge in [0, 0.05) is 19.5 Å². The average Bonchev–Trinajstić information content (AvgIpc) is 2.75. The van der Waals surface area contributed by atoms with Crippen LogP contribution in [-0.4, -0.2) is 47.7 Å². The minimum Gasteiger partial charge on any atom is -0.464 e. The summed E-state index contributed by atoms with van der Waals surface area (Å²) >= 11 is 0. The highest BCUT2D eigenvalue weighted by Gasteiger charge is 2.24. The van der Waals surface area contributed by atoms with Gasteiger partial charge < -0.3 is 19.9 Å². The van der Waals surface area contributed by atoms with Crippen LogP contribution in [0.1, 0.15) is 36.1 Å². The van der Waals surface area contributed by atoms with Crippen molar-refractivity contribution in [1.82, 2.24) is 14.5 Å². The molecule has 0 aromatic carbocycles. The molecule has 0 saturated carbocycles. The maximum Gasteiger partial charge on any atom is 0.360 e. The molecule has 1 aromatic rings. The van der Waals surface area contributed by atoms with Crippen LogP contribution in [0, 0.1) is 5.92 Å². The van der Waals surface area contributed by atoms with E-state index < -0.39 is 5.97 Å². The highest BCUT2D eigenvalue weighted by molar-refractivity contribution is 5.92. The summed E-state index contributed by atoms with van der Waals surface area (Å²) in [5.41, 5.74) is 6.34. The van der Waals surface area contributed by atoms with E-state index in [0.29, 0.717) is 11.7 Å². The summed E-state index contributed by atoms with van der Waals surface area (Å²) in [6, 6.07) is 0. The van der Waals surface area contributed by atoms with E-state index >= 15 is 0 Å². The van der Waals surface area contributed by atoms with Gasteiger partial charge in [0.2, 0.25) is 0 Å². The van der Waals surface area contributed by atoms with Crippen LogP contribution in [0.3, 0.4) is 0 Å². The minimum absolute atomic E-state index is 0.244. The zero-order valence-corrected chi connectivity index (χ0v) is 12.6. The van der Waals surface area contributed by atoms with Gasteiger partial charge in [0.15, 0.2) is 5.69 Å². The summed E-state index contributed by atoms with van der Waals surface area (Å²) < 4.78 is 6.72. The van der Waals surface area contributed by atoms with Gasteiger partial charge in [-0.2, -0.15) is 0 Å². The predicted octanol–water partition coefficient (Wildman–Crippen LogP) is 1.16. The number of esters is 1. The first-order chi connectivity index (χ1) is 9.56. The number of hydrogen-bond acceptors (Lipinski definition) is 5. The van der Waals surface area contributed by atoms with E-state index in [1.165, 1.54) is 20.0 Å². The first-order valence-corrected chi connectivity index (χ1v) is 7.18. The average molecular weight is 280 g/mol. The summed E-state index contributed by atoms with van der Waals surface area (Å²) in [5, 5.41) is 0. The molecule has 1 atom stereocenters. The topological polar surface area (TPSA) is 73.4 Å². The van der Waals surface area contributed by atoms with Crippen LogP contribution >= 0.6 is 0 Å². The predicted molar refractivity (Wildman–Crippen MR) is 77.6 cm³/mol. The molecule has 2 N–H and O–H groups in total. The number of aryl methyl sites for hydroxylation is 1. The lowest BCUT2D eigenvalue weighted by Gasteiger charge is -2.30. The quantitative estimate of drug-likeness (QED) is 0.838. The van der Waals surface area contributed by atoms with E-state index in [1.807, 2.05) is 11.5 Å². The second-order valence-corrected chi connectivity index (χ2v) is 5.49. The minimum atomic E-state index is -0.461. The number of methoxy groups -OCH3 is 1. The molecular weight excluding hydrogens is 256 g/mol. The molecule has 1 saturated heterocycles. The number of nitrogens with two attached hydrogens (primary N) is 1. The van der Waals surface area contributed by atoms with E-state index in [1.54, 1.807) is 0 Å². The number of piperidine rings is 1. The smallest absolute Gasteiger partial charge is 0.360 e. The number of hydrogen-bond donors (Lipinski definition) is 1.